The van der Waals surface area contributed by atoms with Crippen molar-refractivity contribution in [2.45, 2.75) is 4.90 Å². The van der Waals surface area contributed by atoms with Gasteiger partial charge >= 0.3 is 5.97 Å². The van der Waals surface area contributed by atoms with Gasteiger partial charge in [0.25, 0.3) is 0 Å². The average Bonchev–Trinajstić information content (AvgIpc) is 2.27. The molecule has 0 aliphatic rings. The fourth-order valence-electron chi connectivity index (χ4n) is 1.73. The molecule has 0 fully saturated rings. The van der Waals surface area contributed by atoms with Gasteiger partial charge in [-0.1, -0.05) is 24.3 Å². The quantitative estimate of drug-likeness (QED) is 0.746. The number of rotatable bonds is 2. The average molecular weight is 267 g/mol. The fraction of sp³-hybridized carbons (Fsp3) is 0. The summed E-state index contributed by atoms with van der Waals surface area (Å²) in [4.78, 5) is 10.4. The SMILES string of the molecule is NS(=O)(=O)c1cc2ccccc2c(O)c1C(=O)O. The number of aromatic carboxylic acids is 1. The fourth-order valence-corrected chi connectivity index (χ4v) is 2.49. The van der Waals surface area contributed by atoms with Crippen molar-refractivity contribution in [3.05, 3.63) is 35.9 Å². The van der Waals surface area contributed by atoms with Gasteiger partial charge in [-0.3, -0.25) is 0 Å². The summed E-state index contributed by atoms with van der Waals surface area (Å²) in [7, 11) is -4.23. The van der Waals surface area contributed by atoms with E-state index in [1.54, 1.807) is 18.2 Å². The minimum Gasteiger partial charge on any atom is -0.506 e. The molecule has 2 aromatic rings. The first kappa shape index (κ1) is 12.3. The first-order valence-corrected chi connectivity index (χ1v) is 6.38. The lowest BCUT2D eigenvalue weighted by atomic mass is 10.1. The minimum absolute atomic E-state index is 0.252. The number of primary sulfonamides is 1. The molecular weight excluding hydrogens is 258 g/mol. The molecule has 0 aliphatic carbocycles. The molecule has 0 atom stereocenters. The Bertz CT molecular complexity index is 751. The van der Waals surface area contributed by atoms with Crippen molar-refractivity contribution < 1.29 is 23.4 Å². The number of sulfonamides is 1. The highest BCUT2D eigenvalue weighted by Gasteiger charge is 2.24. The number of phenols is 1. The van der Waals surface area contributed by atoms with Crippen LogP contribution in [0.2, 0.25) is 0 Å². The van der Waals surface area contributed by atoms with E-state index in [9.17, 15) is 18.3 Å². The van der Waals surface area contributed by atoms with Crippen LogP contribution in [-0.2, 0) is 10.0 Å². The van der Waals surface area contributed by atoms with Crippen LogP contribution in [0.25, 0.3) is 10.8 Å². The molecule has 0 saturated heterocycles. The van der Waals surface area contributed by atoms with Gasteiger partial charge in [0, 0.05) is 5.39 Å². The summed E-state index contributed by atoms with van der Waals surface area (Å²) in [5.74, 6) is -2.16. The van der Waals surface area contributed by atoms with Gasteiger partial charge in [0.15, 0.2) is 0 Å². The van der Waals surface area contributed by atoms with Crippen LogP contribution >= 0.6 is 0 Å². The summed E-state index contributed by atoms with van der Waals surface area (Å²) >= 11 is 0. The predicted octanol–water partition coefficient (Wildman–Crippen LogP) is 0.891. The third kappa shape index (κ3) is 1.89. The monoisotopic (exact) mass is 267 g/mol. The molecule has 4 N–H and O–H groups in total. The van der Waals surface area contributed by atoms with E-state index < -0.39 is 32.2 Å². The Hall–Kier alpha value is -2.12. The Morgan fingerprint density at radius 2 is 1.83 bits per heavy atom. The van der Waals surface area contributed by atoms with Gasteiger partial charge in [-0.2, -0.15) is 0 Å². The zero-order chi connectivity index (χ0) is 13.5. The van der Waals surface area contributed by atoms with Gasteiger partial charge in [-0.05, 0) is 11.5 Å². The number of hydrogen-bond donors (Lipinski definition) is 3. The van der Waals surface area contributed by atoms with Crippen LogP contribution in [0.5, 0.6) is 5.75 Å². The lowest BCUT2D eigenvalue weighted by Gasteiger charge is -2.09. The van der Waals surface area contributed by atoms with Crippen molar-refractivity contribution in [1.29, 1.82) is 0 Å². The summed E-state index contributed by atoms with van der Waals surface area (Å²) < 4.78 is 22.7. The molecule has 6 nitrogen and oxygen atoms in total. The Balaban J connectivity index is 3.02. The van der Waals surface area contributed by atoms with Crippen LogP contribution in [0.4, 0.5) is 0 Å². The molecule has 0 aromatic heterocycles. The van der Waals surface area contributed by atoms with Crippen molar-refractivity contribution in [3.63, 3.8) is 0 Å². The van der Waals surface area contributed by atoms with Gasteiger partial charge < -0.3 is 10.2 Å². The van der Waals surface area contributed by atoms with Crippen LogP contribution in [0.1, 0.15) is 10.4 Å². The second-order valence-corrected chi connectivity index (χ2v) is 5.20. The second-order valence-electron chi connectivity index (χ2n) is 3.67. The number of carboxylic acids is 1. The standard InChI is InChI=1S/C11H9NO5S/c12-18(16,17)8-5-6-3-1-2-4-7(6)10(13)9(8)11(14)15/h1-5,13H,(H,14,15)(H2,12,16,17). The summed E-state index contributed by atoms with van der Waals surface area (Å²) in [6.07, 6.45) is 0. The highest BCUT2D eigenvalue weighted by atomic mass is 32.2. The third-order valence-corrected chi connectivity index (χ3v) is 3.44. The van der Waals surface area contributed by atoms with Crippen molar-refractivity contribution in [2.75, 3.05) is 0 Å². The largest absolute Gasteiger partial charge is 0.506 e. The third-order valence-electron chi connectivity index (χ3n) is 2.51. The Kier molecular flexibility index (Phi) is 2.72. The van der Waals surface area contributed by atoms with Crippen LogP contribution in [0, 0.1) is 0 Å². The minimum atomic E-state index is -4.23. The smallest absolute Gasteiger partial charge is 0.340 e. The zero-order valence-electron chi connectivity index (χ0n) is 8.99. The van der Waals surface area contributed by atoms with Crippen molar-refractivity contribution in [1.82, 2.24) is 0 Å². The van der Waals surface area contributed by atoms with Crippen molar-refractivity contribution >= 4 is 26.8 Å². The molecule has 7 heteroatoms. The number of carbonyl (C=O) groups is 1. The maximum Gasteiger partial charge on any atom is 0.340 e. The van der Waals surface area contributed by atoms with E-state index in [2.05, 4.69) is 0 Å². The first-order valence-electron chi connectivity index (χ1n) is 4.83. The summed E-state index contributed by atoms with van der Waals surface area (Å²) in [6, 6.07) is 7.41. The Labute approximate surface area is 102 Å². The maximum atomic E-state index is 11.4. The molecule has 0 spiro atoms. The number of nitrogens with two attached hydrogens (primary N) is 1. The number of hydrogen-bond acceptors (Lipinski definition) is 4. The molecule has 0 saturated carbocycles. The number of aromatic hydroxyl groups is 1. The lowest BCUT2D eigenvalue weighted by Crippen LogP contribution is -2.17. The molecule has 2 rings (SSSR count). The molecule has 0 bridgehead atoms. The summed E-state index contributed by atoms with van der Waals surface area (Å²) in [6.45, 7) is 0. The van der Waals surface area contributed by atoms with Gasteiger partial charge in [-0.25, -0.2) is 18.4 Å². The summed E-state index contributed by atoms with van der Waals surface area (Å²) in [5.41, 5.74) is -0.712. The molecule has 0 aliphatic heterocycles. The molecule has 0 unspecified atom stereocenters. The highest BCUT2D eigenvalue weighted by molar-refractivity contribution is 7.89. The number of fused-ring (bicyclic) bond motifs is 1. The van der Waals surface area contributed by atoms with Gasteiger partial charge in [0.2, 0.25) is 10.0 Å². The predicted molar refractivity (Wildman–Crippen MR) is 63.9 cm³/mol. The first-order chi connectivity index (χ1) is 8.32. The van der Waals surface area contributed by atoms with Crippen LogP contribution in [-0.4, -0.2) is 24.6 Å². The second kappa shape index (κ2) is 3.97. The van der Waals surface area contributed by atoms with E-state index >= 15 is 0 Å². The Morgan fingerprint density at radius 3 is 2.39 bits per heavy atom. The van der Waals surface area contributed by atoms with Gasteiger partial charge in [0.1, 0.15) is 16.2 Å². The van der Waals surface area contributed by atoms with E-state index in [0.29, 0.717) is 5.39 Å². The van der Waals surface area contributed by atoms with Gasteiger partial charge in [-0.15, -0.1) is 0 Å². The van der Waals surface area contributed by atoms with Crippen LogP contribution in [0.3, 0.4) is 0 Å². The zero-order valence-corrected chi connectivity index (χ0v) is 9.81. The van der Waals surface area contributed by atoms with Crippen molar-refractivity contribution in [2.24, 2.45) is 5.14 Å². The molecule has 0 radical (unpaired) electrons. The van der Waals surface area contributed by atoms with Crippen LogP contribution in [0.15, 0.2) is 35.2 Å². The number of carboxylic acid groups (broad SMARTS) is 1. The van der Waals surface area contributed by atoms with E-state index in [0.717, 1.165) is 6.07 Å². The lowest BCUT2D eigenvalue weighted by molar-refractivity contribution is 0.0689. The van der Waals surface area contributed by atoms with E-state index in [1.807, 2.05) is 0 Å². The molecule has 94 valence electrons. The van der Waals surface area contributed by atoms with Gasteiger partial charge in [0.05, 0.1) is 0 Å². The topological polar surface area (TPSA) is 118 Å². The molecular formula is C11H9NO5S. The van der Waals surface area contributed by atoms with E-state index in [1.165, 1.54) is 6.07 Å². The highest BCUT2D eigenvalue weighted by Crippen LogP contribution is 2.33. The molecule has 2 aromatic carbocycles. The van der Waals surface area contributed by atoms with E-state index in [-0.39, 0.29) is 5.39 Å². The molecule has 0 heterocycles. The van der Waals surface area contributed by atoms with Crippen molar-refractivity contribution in [3.8, 4) is 5.75 Å². The molecule has 18 heavy (non-hydrogen) atoms. The Morgan fingerprint density at radius 1 is 1.22 bits per heavy atom. The molecule has 0 amide bonds. The van der Waals surface area contributed by atoms with E-state index in [4.69, 9.17) is 10.2 Å². The number of benzene rings is 2. The normalized spacial score (nSPS) is 11.6. The van der Waals surface area contributed by atoms with Crippen LogP contribution < -0.4 is 5.14 Å². The maximum absolute atomic E-state index is 11.4. The summed E-state index contributed by atoms with van der Waals surface area (Å²) in [5, 5.41) is 24.5.